The van der Waals surface area contributed by atoms with Gasteiger partial charge < -0.3 is 0 Å². The molecule has 5 heteroatoms. The van der Waals surface area contributed by atoms with Crippen LogP contribution in [0.25, 0.3) is 0 Å². The summed E-state index contributed by atoms with van der Waals surface area (Å²) in [5.74, 6) is 3.08. The molecule has 0 saturated heterocycles. The van der Waals surface area contributed by atoms with E-state index in [1.807, 2.05) is 0 Å². The van der Waals surface area contributed by atoms with Gasteiger partial charge in [0.15, 0.2) is 0 Å². The van der Waals surface area contributed by atoms with E-state index >= 15 is 0 Å². The van der Waals surface area contributed by atoms with E-state index in [9.17, 15) is 13.7 Å². The van der Waals surface area contributed by atoms with Gasteiger partial charge in [0.2, 0.25) is 10.0 Å². The van der Waals surface area contributed by atoms with Crippen LogP contribution in [0, 0.1) is 40.9 Å². The predicted molar refractivity (Wildman–Crippen MR) is 67.9 cm³/mol. The molecule has 100 valence electrons. The van der Waals surface area contributed by atoms with Crippen molar-refractivity contribution < 1.29 is 8.42 Å². The summed E-state index contributed by atoms with van der Waals surface area (Å²) < 4.78 is 25.3. The Hall–Kier alpha value is -0.600. The van der Waals surface area contributed by atoms with Crippen LogP contribution in [0.5, 0.6) is 0 Å². The van der Waals surface area contributed by atoms with Crippen molar-refractivity contribution in [3.8, 4) is 6.07 Å². The number of rotatable bonds is 3. The van der Waals surface area contributed by atoms with Gasteiger partial charge >= 0.3 is 0 Å². The molecule has 4 aliphatic rings. The third-order valence-corrected chi connectivity index (χ3v) is 5.85. The molecule has 0 heterocycles. The number of nitriles is 1. The summed E-state index contributed by atoms with van der Waals surface area (Å²) in [7, 11) is -3.29. The molecule has 1 N–H and O–H groups in total. The van der Waals surface area contributed by atoms with Crippen LogP contribution in [0.4, 0.5) is 0 Å². The summed E-state index contributed by atoms with van der Waals surface area (Å²) in [6.07, 6.45) is 7.36. The van der Waals surface area contributed by atoms with Crippen molar-refractivity contribution in [3.05, 3.63) is 0 Å². The summed E-state index contributed by atoms with van der Waals surface area (Å²) >= 11 is 0. The van der Waals surface area contributed by atoms with Gasteiger partial charge in [-0.1, -0.05) is 0 Å². The zero-order valence-corrected chi connectivity index (χ0v) is 11.5. The second-order valence-corrected chi connectivity index (χ2v) is 8.28. The summed E-state index contributed by atoms with van der Waals surface area (Å²) in [5, 5.41) is 9.30. The minimum Gasteiger partial charge on any atom is -0.213 e. The van der Waals surface area contributed by atoms with Gasteiger partial charge in [0.25, 0.3) is 0 Å². The fourth-order valence-corrected chi connectivity index (χ4v) is 5.60. The lowest BCUT2D eigenvalue weighted by Crippen LogP contribution is -2.53. The SMILES string of the molecule is CS(=O)(=O)NC(C#N)C1C2CC3CC(C2)CC1C3. The Morgan fingerprint density at radius 1 is 1.11 bits per heavy atom. The average molecular weight is 268 g/mol. The molecule has 4 aliphatic carbocycles. The number of nitrogens with zero attached hydrogens (tertiary/aromatic N) is 1. The zero-order chi connectivity index (χ0) is 12.9. The van der Waals surface area contributed by atoms with Crippen molar-refractivity contribution in [3.63, 3.8) is 0 Å². The number of hydrogen-bond donors (Lipinski definition) is 1. The normalized spacial score (nSPS) is 43.7. The first-order valence-corrected chi connectivity index (χ1v) is 8.72. The highest BCUT2D eigenvalue weighted by Gasteiger charge is 2.51. The van der Waals surface area contributed by atoms with E-state index < -0.39 is 16.1 Å². The molecular formula is C13H20N2O2S. The Morgan fingerprint density at radius 3 is 2.00 bits per heavy atom. The molecule has 0 aromatic rings. The van der Waals surface area contributed by atoms with E-state index in [0.717, 1.165) is 18.1 Å². The van der Waals surface area contributed by atoms with Crippen molar-refractivity contribution in [2.75, 3.05) is 6.26 Å². The lowest BCUT2D eigenvalue weighted by atomic mass is 9.50. The largest absolute Gasteiger partial charge is 0.213 e. The van der Waals surface area contributed by atoms with Crippen LogP contribution < -0.4 is 4.72 Å². The molecule has 0 aromatic carbocycles. The van der Waals surface area contributed by atoms with Crippen LogP contribution in [-0.2, 0) is 10.0 Å². The lowest BCUT2D eigenvalue weighted by molar-refractivity contribution is -0.0418. The first-order valence-electron chi connectivity index (χ1n) is 6.83. The Balaban J connectivity index is 1.81. The molecular weight excluding hydrogens is 248 g/mol. The molecule has 4 nitrogen and oxygen atoms in total. The number of hydrogen-bond acceptors (Lipinski definition) is 3. The van der Waals surface area contributed by atoms with Crippen LogP contribution in [-0.4, -0.2) is 20.7 Å². The molecule has 0 radical (unpaired) electrons. The van der Waals surface area contributed by atoms with Gasteiger partial charge in [-0.15, -0.1) is 0 Å². The molecule has 18 heavy (non-hydrogen) atoms. The molecule has 0 aliphatic heterocycles. The third kappa shape index (κ3) is 2.17. The Bertz CT molecular complexity index is 452. The monoisotopic (exact) mass is 268 g/mol. The summed E-state index contributed by atoms with van der Waals surface area (Å²) in [4.78, 5) is 0. The fraction of sp³-hybridized carbons (Fsp3) is 0.923. The van der Waals surface area contributed by atoms with Gasteiger partial charge in [-0.25, -0.2) is 8.42 Å². The van der Waals surface area contributed by atoms with Gasteiger partial charge in [-0.2, -0.15) is 9.98 Å². The maximum absolute atomic E-state index is 11.4. The number of nitrogens with one attached hydrogen (secondary N) is 1. The highest BCUT2D eigenvalue weighted by molar-refractivity contribution is 7.88. The maximum Gasteiger partial charge on any atom is 0.209 e. The van der Waals surface area contributed by atoms with E-state index in [-0.39, 0.29) is 5.92 Å². The van der Waals surface area contributed by atoms with E-state index in [4.69, 9.17) is 0 Å². The zero-order valence-electron chi connectivity index (χ0n) is 10.7. The first kappa shape index (κ1) is 12.4. The van der Waals surface area contributed by atoms with Gasteiger partial charge in [-0.05, 0) is 61.7 Å². The molecule has 0 amide bonds. The van der Waals surface area contributed by atoms with Crippen LogP contribution in [0.1, 0.15) is 32.1 Å². The summed E-state index contributed by atoms with van der Waals surface area (Å²) in [5.41, 5.74) is 0. The Labute approximate surface area is 109 Å². The van der Waals surface area contributed by atoms with Crippen molar-refractivity contribution in [1.82, 2.24) is 4.72 Å². The molecule has 4 bridgehead atoms. The first-order chi connectivity index (χ1) is 8.46. The quantitative estimate of drug-likeness (QED) is 0.843. The second-order valence-electron chi connectivity index (χ2n) is 6.50. The fourth-order valence-electron chi connectivity index (χ4n) is 4.93. The van der Waals surface area contributed by atoms with Crippen LogP contribution >= 0.6 is 0 Å². The molecule has 1 unspecified atom stereocenters. The second kappa shape index (κ2) is 4.21. The van der Waals surface area contributed by atoms with Gasteiger partial charge in [0, 0.05) is 0 Å². The van der Waals surface area contributed by atoms with E-state index in [1.165, 1.54) is 32.1 Å². The van der Waals surface area contributed by atoms with Crippen molar-refractivity contribution in [1.29, 1.82) is 5.26 Å². The average Bonchev–Trinajstić information content (AvgIpc) is 2.24. The van der Waals surface area contributed by atoms with Gasteiger partial charge in [0.1, 0.15) is 6.04 Å². The Morgan fingerprint density at radius 2 is 1.61 bits per heavy atom. The predicted octanol–water partition coefficient (Wildman–Crippen LogP) is 1.50. The van der Waals surface area contributed by atoms with Crippen LogP contribution in [0.2, 0.25) is 0 Å². The molecule has 0 spiro atoms. The maximum atomic E-state index is 11.4. The smallest absolute Gasteiger partial charge is 0.209 e. The highest BCUT2D eigenvalue weighted by Crippen LogP contribution is 2.57. The van der Waals surface area contributed by atoms with Crippen LogP contribution in [0.3, 0.4) is 0 Å². The molecule has 1 atom stereocenters. The lowest BCUT2D eigenvalue weighted by Gasteiger charge is -2.55. The molecule has 4 rings (SSSR count). The molecule has 4 saturated carbocycles. The van der Waals surface area contributed by atoms with E-state index in [0.29, 0.717) is 11.8 Å². The standard InChI is InChI=1S/C13H20N2O2S/c1-18(16,17)15-12(7-14)13-10-3-8-2-9(5-10)6-11(13)4-8/h8-13,15H,2-6H2,1H3. The summed E-state index contributed by atoms with van der Waals surface area (Å²) in [6.45, 7) is 0. The van der Waals surface area contributed by atoms with Gasteiger partial charge in [-0.3, -0.25) is 0 Å². The van der Waals surface area contributed by atoms with E-state index in [2.05, 4.69) is 10.8 Å². The molecule has 0 aromatic heterocycles. The topological polar surface area (TPSA) is 70.0 Å². The van der Waals surface area contributed by atoms with Crippen molar-refractivity contribution in [2.45, 2.75) is 38.1 Å². The minimum absolute atomic E-state index is 0.248. The third-order valence-electron chi connectivity index (χ3n) is 5.16. The Kier molecular flexibility index (Phi) is 2.91. The van der Waals surface area contributed by atoms with E-state index in [1.54, 1.807) is 0 Å². The minimum atomic E-state index is -3.29. The summed E-state index contributed by atoms with van der Waals surface area (Å²) in [6, 6.07) is 1.68. The van der Waals surface area contributed by atoms with Crippen molar-refractivity contribution in [2.24, 2.45) is 29.6 Å². The van der Waals surface area contributed by atoms with Crippen LogP contribution in [0.15, 0.2) is 0 Å². The van der Waals surface area contributed by atoms with Gasteiger partial charge in [0.05, 0.1) is 12.3 Å². The molecule has 4 fully saturated rings. The van der Waals surface area contributed by atoms with Crippen molar-refractivity contribution >= 4 is 10.0 Å². The number of sulfonamides is 1. The highest BCUT2D eigenvalue weighted by atomic mass is 32.2.